The lowest BCUT2D eigenvalue weighted by molar-refractivity contribution is -0.123. The van der Waals surface area contributed by atoms with Crippen molar-refractivity contribution >= 4 is 52.0 Å². The molecule has 9 heteroatoms. The third-order valence-electron chi connectivity index (χ3n) is 3.70. The summed E-state index contributed by atoms with van der Waals surface area (Å²) in [6.07, 6.45) is 0. The van der Waals surface area contributed by atoms with Gasteiger partial charge in [-0.05, 0) is 61.9 Å². The van der Waals surface area contributed by atoms with E-state index < -0.39 is 17.5 Å². The van der Waals surface area contributed by atoms with Crippen molar-refractivity contribution in [1.29, 1.82) is 0 Å². The van der Waals surface area contributed by atoms with Gasteiger partial charge in [0.15, 0.2) is 11.7 Å². The Labute approximate surface area is 176 Å². The first kappa shape index (κ1) is 20.4. The molecule has 0 aliphatic rings. The van der Waals surface area contributed by atoms with E-state index in [4.69, 9.17) is 11.6 Å². The van der Waals surface area contributed by atoms with Crippen LogP contribution in [0.1, 0.15) is 42.2 Å². The number of carbonyl (C=O) groups is 2. The van der Waals surface area contributed by atoms with E-state index in [1.807, 2.05) is 38.3 Å². The third-order valence-corrected chi connectivity index (χ3v) is 5.37. The molecule has 0 aliphatic carbocycles. The van der Waals surface area contributed by atoms with Crippen LogP contribution in [0.4, 0.5) is 5.69 Å². The van der Waals surface area contributed by atoms with Crippen LogP contribution in [-0.4, -0.2) is 26.9 Å². The zero-order chi connectivity index (χ0) is 20.3. The Bertz CT molecular complexity index is 953. The van der Waals surface area contributed by atoms with Crippen LogP contribution in [0.15, 0.2) is 47.2 Å². The maximum Gasteiger partial charge on any atom is 0.280 e. The first-order valence-electron chi connectivity index (χ1n) is 8.48. The Morgan fingerprint density at radius 2 is 2.00 bits per heavy atom. The van der Waals surface area contributed by atoms with Gasteiger partial charge in [0.05, 0.1) is 0 Å². The molecule has 0 saturated carbocycles. The van der Waals surface area contributed by atoms with Crippen molar-refractivity contribution in [3.05, 3.63) is 62.8 Å². The average molecular weight is 435 g/mol. The first-order chi connectivity index (χ1) is 13.3. The summed E-state index contributed by atoms with van der Waals surface area (Å²) < 4.78 is 3.78. The van der Waals surface area contributed by atoms with E-state index in [1.54, 1.807) is 29.6 Å². The maximum absolute atomic E-state index is 13.3. The fraction of sp³-hybridized carbons (Fsp3) is 0.263. The number of aromatic nitrogens is 2. The molecule has 0 aliphatic heterocycles. The van der Waals surface area contributed by atoms with Gasteiger partial charge in [0.1, 0.15) is 0 Å². The second-order valence-electron chi connectivity index (χ2n) is 7.10. The minimum Gasteiger partial charge on any atom is -0.349 e. The van der Waals surface area contributed by atoms with Gasteiger partial charge >= 0.3 is 0 Å². The highest BCUT2D eigenvalue weighted by atomic mass is 35.5. The van der Waals surface area contributed by atoms with E-state index in [0.717, 1.165) is 16.4 Å². The Hall–Kier alpha value is -2.29. The number of carbonyl (C=O) groups excluding carboxylic acids is 2. The number of hydrogen-bond acceptors (Lipinski definition) is 6. The molecule has 1 aromatic carbocycles. The van der Waals surface area contributed by atoms with Gasteiger partial charge < -0.3 is 5.32 Å². The maximum atomic E-state index is 13.3. The summed E-state index contributed by atoms with van der Waals surface area (Å²) in [6.45, 7) is 5.69. The van der Waals surface area contributed by atoms with Gasteiger partial charge in [-0.15, -0.1) is 16.4 Å². The number of amides is 2. The van der Waals surface area contributed by atoms with Gasteiger partial charge in [-0.2, -0.15) is 0 Å². The van der Waals surface area contributed by atoms with Crippen LogP contribution >= 0.6 is 34.5 Å². The van der Waals surface area contributed by atoms with Gasteiger partial charge in [0.2, 0.25) is 5.91 Å². The van der Waals surface area contributed by atoms with E-state index in [9.17, 15) is 9.59 Å². The van der Waals surface area contributed by atoms with Crippen LogP contribution in [0.25, 0.3) is 0 Å². The Kier molecular flexibility index (Phi) is 6.12. The number of rotatable bonds is 5. The third kappa shape index (κ3) is 4.76. The average Bonchev–Trinajstić information content (AvgIpc) is 3.30. The molecular weight excluding hydrogens is 416 g/mol. The summed E-state index contributed by atoms with van der Waals surface area (Å²) >= 11 is 8.66. The van der Waals surface area contributed by atoms with Gasteiger partial charge in [-0.1, -0.05) is 28.2 Å². The highest BCUT2D eigenvalue weighted by molar-refractivity contribution is 7.10. The minimum atomic E-state index is -0.869. The zero-order valence-corrected chi connectivity index (χ0v) is 17.9. The van der Waals surface area contributed by atoms with Gasteiger partial charge in [-0.25, -0.2) is 0 Å². The summed E-state index contributed by atoms with van der Waals surface area (Å²) in [6, 6.07) is 9.67. The highest BCUT2D eigenvalue weighted by Crippen LogP contribution is 2.33. The normalized spacial score (nSPS) is 12.4. The molecule has 0 unspecified atom stereocenters. The first-order valence-corrected chi connectivity index (χ1v) is 10.6. The summed E-state index contributed by atoms with van der Waals surface area (Å²) in [4.78, 5) is 28.8. The fourth-order valence-corrected chi connectivity index (χ4v) is 4.08. The van der Waals surface area contributed by atoms with E-state index >= 15 is 0 Å². The van der Waals surface area contributed by atoms with E-state index in [2.05, 4.69) is 14.9 Å². The van der Waals surface area contributed by atoms with Crippen molar-refractivity contribution in [2.45, 2.75) is 32.4 Å². The van der Waals surface area contributed by atoms with Crippen LogP contribution in [0.2, 0.25) is 5.02 Å². The number of nitrogens with one attached hydrogen (secondary N) is 1. The molecule has 1 N–H and O–H groups in total. The molecule has 146 valence electrons. The van der Waals surface area contributed by atoms with Crippen molar-refractivity contribution in [3.63, 3.8) is 0 Å². The van der Waals surface area contributed by atoms with Crippen LogP contribution < -0.4 is 10.2 Å². The Balaban J connectivity index is 2.13. The van der Waals surface area contributed by atoms with Crippen molar-refractivity contribution in [3.8, 4) is 0 Å². The lowest BCUT2D eigenvalue weighted by atomic mass is 10.1. The molecule has 2 amide bonds. The SMILES string of the molecule is CC(C)(C)NC(=O)[C@H](c1cccs1)N(C(=O)c1csnn1)c1cccc(Cl)c1. The van der Waals surface area contributed by atoms with Crippen molar-refractivity contribution in [2.75, 3.05) is 4.90 Å². The largest absolute Gasteiger partial charge is 0.349 e. The molecule has 0 radical (unpaired) electrons. The lowest BCUT2D eigenvalue weighted by Gasteiger charge is -2.32. The molecule has 2 heterocycles. The molecule has 3 aromatic rings. The molecular formula is C19H19ClN4O2S2. The molecule has 0 spiro atoms. The van der Waals surface area contributed by atoms with Crippen LogP contribution in [0.5, 0.6) is 0 Å². The summed E-state index contributed by atoms with van der Waals surface area (Å²) in [7, 11) is 0. The Morgan fingerprint density at radius 1 is 1.21 bits per heavy atom. The van der Waals surface area contributed by atoms with E-state index in [1.165, 1.54) is 16.2 Å². The number of anilines is 1. The predicted molar refractivity (Wildman–Crippen MR) is 113 cm³/mol. The van der Waals surface area contributed by atoms with E-state index in [0.29, 0.717) is 10.7 Å². The summed E-state index contributed by atoms with van der Waals surface area (Å²) in [5.74, 6) is -0.704. The monoisotopic (exact) mass is 434 g/mol. The number of nitrogens with zero attached hydrogens (tertiary/aromatic N) is 3. The quantitative estimate of drug-likeness (QED) is 0.638. The number of thiophene rings is 1. The summed E-state index contributed by atoms with van der Waals surface area (Å²) in [5, 5.41) is 10.8. The molecule has 2 aromatic heterocycles. The number of halogens is 1. The molecule has 0 bridgehead atoms. The minimum absolute atomic E-state index is 0.176. The van der Waals surface area contributed by atoms with Gasteiger partial charge in [0, 0.05) is 26.5 Å². The van der Waals surface area contributed by atoms with E-state index in [-0.39, 0.29) is 11.6 Å². The molecule has 0 saturated heterocycles. The van der Waals surface area contributed by atoms with Gasteiger partial charge in [0.25, 0.3) is 5.91 Å². The molecule has 28 heavy (non-hydrogen) atoms. The highest BCUT2D eigenvalue weighted by Gasteiger charge is 2.36. The fourth-order valence-electron chi connectivity index (χ4n) is 2.65. The van der Waals surface area contributed by atoms with Crippen molar-refractivity contribution < 1.29 is 9.59 Å². The van der Waals surface area contributed by atoms with Crippen LogP contribution in [-0.2, 0) is 4.79 Å². The van der Waals surface area contributed by atoms with Crippen molar-refractivity contribution in [2.24, 2.45) is 0 Å². The standard InChI is InChI=1S/C19H19ClN4O2S2/c1-19(2,3)21-17(25)16(15-8-5-9-27-15)24(13-7-4-6-12(20)10-13)18(26)14-11-28-23-22-14/h4-11,16H,1-3H3,(H,21,25)/t16-/m0/s1. The second-order valence-corrected chi connectivity index (χ2v) is 9.13. The van der Waals surface area contributed by atoms with Gasteiger partial charge in [-0.3, -0.25) is 14.5 Å². The predicted octanol–water partition coefficient (Wildman–Crippen LogP) is 4.56. The van der Waals surface area contributed by atoms with Crippen molar-refractivity contribution in [1.82, 2.24) is 14.9 Å². The van der Waals surface area contributed by atoms with Crippen LogP contribution in [0, 0.1) is 0 Å². The molecule has 3 rings (SSSR count). The lowest BCUT2D eigenvalue weighted by Crippen LogP contribution is -2.49. The smallest absolute Gasteiger partial charge is 0.280 e. The Morgan fingerprint density at radius 3 is 2.57 bits per heavy atom. The topological polar surface area (TPSA) is 75.2 Å². The molecule has 0 fully saturated rings. The molecule has 1 atom stereocenters. The number of hydrogen-bond donors (Lipinski definition) is 1. The zero-order valence-electron chi connectivity index (χ0n) is 15.5. The summed E-state index contributed by atoms with van der Waals surface area (Å²) in [5.41, 5.74) is 0.223. The number of benzene rings is 1. The second kappa shape index (κ2) is 8.38. The van der Waals surface area contributed by atoms with Crippen LogP contribution in [0.3, 0.4) is 0 Å². The molecule has 6 nitrogen and oxygen atoms in total.